The van der Waals surface area contributed by atoms with Gasteiger partial charge in [-0.1, -0.05) is 41.7 Å². The number of carbonyl (C=O) groups is 1. The molecule has 0 N–H and O–H groups in total. The molecule has 7 heteroatoms. The zero-order chi connectivity index (χ0) is 21.3. The summed E-state index contributed by atoms with van der Waals surface area (Å²) in [6, 6.07) is 16.0. The first-order valence-electron chi connectivity index (χ1n) is 9.93. The molecule has 1 aliphatic heterocycles. The van der Waals surface area contributed by atoms with Gasteiger partial charge in [0.15, 0.2) is 0 Å². The maximum Gasteiger partial charge on any atom is 0.308 e. The number of likely N-dealkylation sites (N-methyl/N-ethyl adjacent to an activating group) is 1. The van der Waals surface area contributed by atoms with Gasteiger partial charge in [0.25, 0.3) is 0 Å². The second kappa shape index (κ2) is 8.53. The first-order valence-corrected chi connectivity index (χ1v) is 10.7. The molecule has 0 radical (unpaired) electrons. The van der Waals surface area contributed by atoms with Crippen LogP contribution in [-0.4, -0.2) is 47.0 Å². The van der Waals surface area contributed by atoms with E-state index in [2.05, 4.69) is 11.9 Å². The van der Waals surface area contributed by atoms with Crippen molar-refractivity contribution in [3.05, 3.63) is 80.5 Å². The van der Waals surface area contributed by atoms with Crippen LogP contribution in [0.15, 0.2) is 59.4 Å². The summed E-state index contributed by atoms with van der Waals surface area (Å²) in [5.74, 6) is -0.417. The lowest BCUT2D eigenvalue weighted by atomic mass is 10.0. The average Bonchev–Trinajstić information content (AvgIpc) is 3.02. The number of aryl methyl sites for hydroxylation is 1. The van der Waals surface area contributed by atoms with Crippen molar-refractivity contribution < 1.29 is 9.18 Å². The molecule has 4 rings (SSSR count). The van der Waals surface area contributed by atoms with Crippen LogP contribution in [0, 0.1) is 12.7 Å². The molecule has 3 aromatic rings. The molecule has 1 aliphatic rings. The van der Waals surface area contributed by atoms with Crippen molar-refractivity contribution in [1.29, 1.82) is 0 Å². The molecule has 1 saturated heterocycles. The van der Waals surface area contributed by atoms with Crippen molar-refractivity contribution >= 4 is 17.2 Å². The van der Waals surface area contributed by atoms with Crippen molar-refractivity contribution in [2.75, 3.05) is 26.7 Å². The third-order valence-corrected chi connectivity index (χ3v) is 6.46. The molecule has 1 fully saturated rings. The number of halogens is 1. The van der Waals surface area contributed by atoms with Crippen molar-refractivity contribution in [2.45, 2.75) is 19.5 Å². The number of nitrogens with zero attached hydrogens (tertiary/aromatic N) is 3. The molecule has 0 aliphatic carbocycles. The minimum Gasteiger partial charge on any atom is -0.332 e. The van der Waals surface area contributed by atoms with Crippen LogP contribution in [-0.2, 0) is 11.3 Å². The Morgan fingerprint density at radius 1 is 1.10 bits per heavy atom. The number of hydrogen-bond acceptors (Lipinski definition) is 4. The molecule has 156 valence electrons. The highest BCUT2D eigenvalue weighted by atomic mass is 32.1. The van der Waals surface area contributed by atoms with Crippen LogP contribution < -0.4 is 4.87 Å². The zero-order valence-electron chi connectivity index (χ0n) is 17.0. The van der Waals surface area contributed by atoms with Crippen LogP contribution in [0.4, 0.5) is 4.39 Å². The zero-order valence-corrected chi connectivity index (χ0v) is 17.9. The summed E-state index contributed by atoms with van der Waals surface area (Å²) in [4.78, 5) is 30.7. The van der Waals surface area contributed by atoms with E-state index in [0.717, 1.165) is 40.4 Å². The summed E-state index contributed by atoms with van der Waals surface area (Å²) in [7, 11) is 2.05. The predicted molar refractivity (Wildman–Crippen MR) is 117 cm³/mol. The van der Waals surface area contributed by atoms with Gasteiger partial charge in [-0.2, -0.15) is 0 Å². The molecule has 5 nitrogen and oxygen atoms in total. The lowest BCUT2D eigenvalue weighted by molar-refractivity contribution is -0.136. The number of amides is 1. The Kier molecular flexibility index (Phi) is 5.83. The Balaban J connectivity index is 1.65. The van der Waals surface area contributed by atoms with E-state index < -0.39 is 0 Å². The van der Waals surface area contributed by atoms with Gasteiger partial charge >= 0.3 is 4.87 Å². The first-order chi connectivity index (χ1) is 14.4. The van der Waals surface area contributed by atoms with E-state index in [-0.39, 0.29) is 29.2 Å². The van der Waals surface area contributed by atoms with Crippen LogP contribution in [0.2, 0.25) is 0 Å². The van der Waals surface area contributed by atoms with Crippen LogP contribution in [0.1, 0.15) is 16.5 Å². The number of thiazole rings is 1. The predicted octanol–water partition coefficient (Wildman–Crippen LogP) is 3.54. The molecule has 0 saturated carbocycles. The molecule has 2 aromatic carbocycles. The molecular formula is C23H24FN3O2S. The van der Waals surface area contributed by atoms with Gasteiger partial charge in [0.2, 0.25) is 5.91 Å². The largest absolute Gasteiger partial charge is 0.332 e. The molecule has 1 aromatic heterocycles. The standard InChI is InChI=1S/C23H24FN3O2S/c1-16-22(18-8-10-19(24)11-9-18)27(23(29)30-16)15-21(28)26-13-12-25(2)14-20(26)17-6-4-3-5-7-17/h3-11,20H,12-15H2,1-2H3. The van der Waals surface area contributed by atoms with Gasteiger partial charge in [-0.05, 0) is 49.4 Å². The van der Waals surface area contributed by atoms with Gasteiger partial charge in [0, 0.05) is 24.5 Å². The molecule has 0 spiro atoms. The third-order valence-electron chi connectivity index (χ3n) is 5.56. The molecule has 1 atom stereocenters. The minimum atomic E-state index is -0.334. The summed E-state index contributed by atoms with van der Waals surface area (Å²) in [5, 5.41) is 0. The van der Waals surface area contributed by atoms with Crippen LogP contribution in [0.3, 0.4) is 0 Å². The average molecular weight is 426 g/mol. The molecule has 2 heterocycles. The molecule has 30 heavy (non-hydrogen) atoms. The molecule has 1 unspecified atom stereocenters. The lowest BCUT2D eigenvalue weighted by Crippen LogP contribution is -2.50. The van der Waals surface area contributed by atoms with Crippen molar-refractivity contribution in [3.8, 4) is 11.3 Å². The monoisotopic (exact) mass is 425 g/mol. The van der Waals surface area contributed by atoms with Crippen molar-refractivity contribution in [1.82, 2.24) is 14.4 Å². The molecular weight excluding hydrogens is 401 g/mol. The third kappa shape index (κ3) is 4.08. The highest BCUT2D eigenvalue weighted by molar-refractivity contribution is 7.09. The second-order valence-corrected chi connectivity index (χ2v) is 8.81. The minimum absolute atomic E-state index is 0.0249. The smallest absolute Gasteiger partial charge is 0.308 e. The van der Waals surface area contributed by atoms with Crippen LogP contribution >= 0.6 is 11.3 Å². The summed E-state index contributed by atoms with van der Waals surface area (Å²) in [5.41, 5.74) is 2.51. The molecule has 1 amide bonds. The van der Waals surface area contributed by atoms with Crippen molar-refractivity contribution in [2.24, 2.45) is 0 Å². The van der Waals surface area contributed by atoms with E-state index in [0.29, 0.717) is 12.2 Å². The van der Waals surface area contributed by atoms with E-state index in [4.69, 9.17) is 0 Å². The van der Waals surface area contributed by atoms with Crippen molar-refractivity contribution in [3.63, 3.8) is 0 Å². The van der Waals surface area contributed by atoms with E-state index >= 15 is 0 Å². The summed E-state index contributed by atoms with van der Waals surface area (Å²) >= 11 is 1.12. The van der Waals surface area contributed by atoms with Gasteiger partial charge in [0.1, 0.15) is 12.4 Å². The van der Waals surface area contributed by atoms with Crippen LogP contribution in [0.5, 0.6) is 0 Å². The van der Waals surface area contributed by atoms with E-state index in [1.165, 1.54) is 16.7 Å². The quantitative estimate of drug-likeness (QED) is 0.642. The SMILES string of the molecule is Cc1sc(=O)n(CC(=O)N2CCN(C)CC2c2ccccc2)c1-c1ccc(F)cc1. The van der Waals surface area contributed by atoms with E-state index in [1.807, 2.05) is 42.2 Å². The molecule has 0 bridgehead atoms. The summed E-state index contributed by atoms with van der Waals surface area (Å²) < 4.78 is 14.9. The second-order valence-electron chi connectivity index (χ2n) is 7.64. The summed E-state index contributed by atoms with van der Waals surface area (Å²) in [6.07, 6.45) is 0. The number of rotatable bonds is 4. The fourth-order valence-electron chi connectivity index (χ4n) is 4.03. The summed E-state index contributed by atoms with van der Waals surface area (Å²) in [6.45, 7) is 3.98. The van der Waals surface area contributed by atoms with Gasteiger partial charge in [0.05, 0.1) is 11.7 Å². The Morgan fingerprint density at radius 3 is 2.50 bits per heavy atom. The Bertz CT molecular complexity index is 1090. The number of benzene rings is 2. The van der Waals surface area contributed by atoms with Gasteiger partial charge in [-0.25, -0.2) is 4.39 Å². The maximum absolute atomic E-state index is 13.4. The number of carbonyl (C=O) groups excluding carboxylic acids is 1. The Morgan fingerprint density at radius 2 is 1.80 bits per heavy atom. The Labute approximate surface area is 179 Å². The van der Waals surface area contributed by atoms with Gasteiger partial charge in [-0.3, -0.25) is 14.2 Å². The highest BCUT2D eigenvalue weighted by Crippen LogP contribution is 2.28. The Hall–Kier alpha value is -2.77. The van der Waals surface area contributed by atoms with Gasteiger partial charge in [-0.15, -0.1) is 0 Å². The fourth-order valence-corrected chi connectivity index (χ4v) is 4.88. The fraction of sp³-hybridized carbons (Fsp3) is 0.304. The topological polar surface area (TPSA) is 45.6 Å². The number of hydrogen-bond donors (Lipinski definition) is 0. The van der Waals surface area contributed by atoms with Crippen LogP contribution in [0.25, 0.3) is 11.3 Å². The number of aromatic nitrogens is 1. The van der Waals surface area contributed by atoms with E-state index in [9.17, 15) is 14.0 Å². The maximum atomic E-state index is 13.4. The highest BCUT2D eigenvalue weighted by Gasteiger charge is 2.31. The first kappa shape index (κ1) is 20.5. The number of piperazine rings is 1. The van der Waals surface area contributed by atoms with Gasteiger partial charge < -0.3 is 9.80 Å². The van der Waals surface area contributed by atoms with E-state index in [1.54, 1.807) is 12.1 Å². The normalized spacial score (nSPS) is 17.3. The lowest BCUT2D eigenvalue weighted by Gasteiger charge is -2.40.